The first-order chi connectivity index (χ1) is 2.27. The van der Waals surface area contributed by atoms with Crippen molar-refractivity contribution >= 4 is 5.91 Å². The summed E-state index contributed by atoms with van der Waals surface area (Å²) in [7, 11) is 0. The van der Waals surface area contributed by atoms with Crippen molar-refractivity contribution in [3.05, 3.63) is 12.7 Å². The van der Waals surface area contributed by atoms with Gasteiger partial charge in [-0.05, 0) is 6.08 Å². The number of primary amides is 1. The Bertz CT molecular complexity index is 66.0. The molecule has 7 heavy (non-hydrogen) atoms. The van der Waals surface area contributed by atoms with E-state index in [1.54, 1.807) is 0 Å². The molecule has 0 aromatic heterocycles. The van der Waals surface area contributed by atoms with Crippen LogP contribution in [-0.4, -0.2) is 5.91 Å². The zero-order valence-corrected chi connectivity index (χ0v) is 6.90. The molecule has 0 aromatic rings. The molecule has 0 atom stereocenters. The van der Waals surface area contributed by atoms with Gasteiger partial charge in [-0.3, -0.25) is 4.79 Å². The third kappa shape index (κ3) is 21.1. The predicted molar refractivity (Wildman–Crippen MR) is 19.4 cm³/mol. The Labute approximate surface area is 70.8 Å². The van der Waals surface area contributed by atoms with E-state index in [-0.39, 0.29) is 42.0 Å². The van der Waals surface area contributed by atoms with Crippen LogP contribution in [0.3, 0.4) is 0 Å². The molecule has 2 nitrogen and oxygen atoms in total. The average molecular weight is 130 g/mol. The van der Waals surface area contributed by atoms with Crippen LogP contribution >= 0.6 is 0 Å². The summed E-state index contributed by atoms with van der Waals surface area (Å²) in [5, 5.41) is 0. The summed E-state index contributed by atoms with van der Waals surface area (Å²) in [6, 6.07) is 0. The summed E-state index contributed by atoms with van der Waals surface area (Å²) in [5.41, 5.74) is 4.53. The van der Waals surface area contributed by atoms with Gasteiger partial charge in [-0.25, -0.2) is 0 Å². The second kappa shape index (κ2) is 9.71. The molecule has 0 rings (SSSR count). The molecule has 0 aliphatic rings. The summed E-state index contributed by atoms with van der Waals surface area (Å²) < 4.78 is 0. The Hall–Kier alpha value is 0.500. The topological polar surface area (TPSA) is 43.1 Å². The van der Waals surface area contributed by atoms with Crippen molar-refractivity contribution in [2.24, 2.45) is 5.73 Å². The molecule has 2 N–H and O–H groups in total. The van der Waals surface area contributed by atoms with Gasteiger partial charge in [0, 0.05) is 0 Å². The fraction of sp³-hybridized carbons (Fsp3) is 0. The number of carbonyl (C=O) groups is 1. The van der Waals surface area contributed by atoms with Crippen molar-refractivity contribution in [1.82, 2.24) is 0 Å². The molecule has 0 saturated heterocycles. The molecule has 0 aliphatic carbocycles. The van der Waals surface area contributed by atoms with Gasteiger partial charge in [0.15, 0.2) is 0 Å². The van der Waals surface area contributed by atoms with Gasteiger partial charge in [-0.15, -0.1) is 0 Å². The van der Waals surface area contributed by atoms with Crippen LogP contribution in [0.25, 0.3) is 0 Å². The number of nitrogens with two attached hydrogens (primary N) is 1. The second-order valence-corrected chi connectivity index (χ2v) is 0.606. The van der Waals surface area contributed by atoms with Crippen molar-refractivity contribution in [1.29, 1.82) is 0 Å². The Morgan fingerprint density at radius 2 is 1.86 bits per heavy atom. The molecule has 0 fully saturated rings. The summed E-state index contributed by atoms with van der Waals surface area (Å²) in [5.74, 6) is -0.481. The van der Waals surface area contributed by atoms with Crippen LogP contribution in [0.15, 0.2) is 12.7 Å². The number of amides is 1. The fourth-order valence-electron chi connectivity index (χ4n) is 0. The Morgan fingerprint density at radius 1 is 1.71 bits per heavy atom. The van der Waals surface area contributed by atoms with E-state index < -0.39 is 5.91 Å². The van der Waals surface area contributed by atoms with Crippen LogP contribution in [0, 0.1) is 0 Å². The molecular weight excluding hydrogens is 124 g/mol. The van der Waals surface area contributed by atoms with E-state index in [9.17, 15) is 4.79 Å². The molecule has 0 aromatic carbocycles. The third-order valence-corrected chi connectivity index (χ3v) is 0.201. The first kappa shape index (κ1) is 15.6. The largest absolute Gasteiger partial charge is 1.00 e. The van der Waals surface area contributed by atoms with E-state index in [0.29, 0.717) is 0 Å². The van der Waals surface area contributed by atoms with E-state index in [0.717, 1.165) is 6.08 Å². The van der Waals surface area contributed by atoms with Gasteiger partial charge < -0.3 is 18.1 Å². The molecule has 0 unspecified atom stereocenters. The first-order valence-corrected chi connectivity index (χ1v) is 1.19. The minimum absolute atomic E-state index is 0. The molecule has 0 spiro atoms. The molecular formula is C3H5ClNNaO. The van der Waals surface area contributed by atoms with Gasteiger partial charge in [0.2, 0.25) is 5.91 Å². The van der Waals surface area contributed by atoms with Crippen molar-refractivity contribution in [2.45, 2.75) is 0 Å². The standard InChI is InChI=1S/C3H5NO.ClH.Na/c1-2-3(4)5;;/h2H,1H2,(H2,4,5);1H;/q;;+1/p-1. The Balaban J connectivity index is -0.0000000800. The van der Waals surface area contributed by atoms with Gasteiger partial charge >= 0.3 is 29.6 Å². The van der Waals surface area contributed by atoms with Crippen LogP contribution < -0.4 is 47.7 Å². The van der Waals surface area contributed by atoms with Gasteiger partial charge in [-0.2, -0.15) is 0 Å². The normalized spacial score (nSPS) is 4.57. The summed E-state index contributed by atoms with van der Waals surface area (Å²) in [6.07, 6.45) is 1.06. The van der Waals surface area contributed by atoms with Gasteiger partial charge in [0.25, 0.3) is 0 Å². The second-order valence-electron chi connectivity index (χ2n) is 0.606. The quantitative estimate of drug-likeness (QED) is 0.278. The summed E-state index contributed by atoms with van der Waals surface area (Å²) >= 11 is 0. The molecule has 0 saturated carbocycles. The molecule has 36 valence electrons. The number of carbonyl (C=O) groups excluding carboxylic acids is 1. The molecule has 0 bridgehead atoms. The maximum atomic E-state index is 9.47. The van der Waals surface area contributed by atoms with Gasteiger partial charge in [0.1, 0.15) is 0 Å². The van der Waals surface area contributed by atoms with Crippen LogP contribution in [0.5, 0.6) is 0 Å². The Kier molecular flexibility index (Phi) is 21.7. The van der Waals surface area contributed by atoms with E-state index in [1.165, 1.54) is 0 Å². The van der Waals surface area contributed by atoms with E-state index in [1.807, 2.05) is 0 Å². The molecule has 4 heteroatoms. The maximum Gasteiger partial charge on any atom is 1.00 e. The molecule has 0 radical (unpaired) electrons. The number of rotatable bonds is 1. The number of hydrogen-bond acceptors (Lipinski definition) is 1. The monoisotopic (exact) mass is 129 g/mol. The van der Waals surface area contributed by atoms with Crippen molar-refractivity contribution in [3.63, 3.8) is 0 Å². The first-order valence-electron chi connectivity index (χ1n) is 1.19. The fourth-order valence-corrected chi connectivity index (χ4v) is 0. The molecule has 1 amide bonds. The molecule has 0 heterocycles. The van der Waals surface area contributed by atoms with Crippen molar-refractivity contribution in [3.8, 4) is 0 Å². The van der Waals surface area contributed by atoms with Crippen LogP contribution in [0.4, 0.5) is 0 Å². The Morgan fingerprint density at radius 3 is 1.86 bits per heavy atom. The number of halogens is 1. The zero-order chi connectivity index (χ0) is 4.28. The smallest absolute Gasteiger partial charge is 1.00 e. The zero-order valence-electron chi connectivity index (χ0n) is 4.15. The van der Waals surface area contributed by atoms with E-state index in [4.69, 9.17) is 0 Å². The van der Waals surface area contributed by atoms with Crippen molar-refractivity contribution < 1.29 is 46.8 Å². The third-order valence-electron chi connectivity index (χ3n) is 0.201. The maximum absolute atomic E-state index is 9.47. The van der Waals surface area contributed by atoms with Crippen molar-refractivity contribution in [2.75, 3.05) is 0 Å². The summed E-state index contributed by atoms with van der Waals surface area (Å²) in [4.78, 5) is 9.47. The van der Waals surface area contributed by atoms with E-state index in [2.05, 4.69) is 12.3 Å². The van der Waals surface area contributed by atoms with Crippen LogP contribution in [0.2, 0.25) is 0 Å². The van der Waals surface area contributed by atoms with Crippen LogP contribution in [0.1, 0.15) is 0 Å². The summed E-state index contributed by atoms with van der Waals surface area (Å²) in [6.45, 7) is 3.09. The average Bonchev–Trinajstić information content (AvgIpc) is 1.38. The van der Waals surface area contributed by atoms with Crippen LogP contribution in [-0.2, 0) is 4.79 Å². The van der Waals surface area contributed by atoms with Gasteiger partial charge in [-0.1, -0.05) is 6.58 Å². The SMILES string of the molecule is C=CC(N)=O.[Cl-].[Na+]. The predicted octanol–water partition coefficient (Wildman–Crippen LogP) is -6.33. The minimum Gasteiger partial charge on any atom is -1.00 e. The van der Waals surface area contributed by atoms with E-state index >= 15 is 0 Å². The molecule has 0 aliphatic heterocycles. The minimum atomic E-state index is -0.481. The number of hydrogen-bond donors (Lipinski definition) is 1. The van der Waals surface area contributed by atoms with Gasteiger partial charge in [0.05, 0.1) is 0 Å².